The van der Waals surface area contributed by atoms with Gasteiger partial charge in [0.1, 0.15) is 5.15 Å². The first-order chi connectivity index (χ1) is 5.04. The average molecular weight is 175 g/mol. The molecular formula is C7H11ClN2O. The zero-order valence-corrected chi connectivity index (χ0v) is 7.55. The van der Waals surface area contributed by atoms with Gasteiger partial charge in [-0.25, -0.2) is 0 Å². The van der Waals surface area contributed by atoms with Crippen LogP contribution in [0.2, 0.25) is 5.15 Å². The van der Waals surface area contributed by atoms with Crippen LogP contribution in [0.3, 0.4) is 0 Å². The largest absolute Gasteiger partial charge is 0.480 e. The second-order valence-electron chi connectivity index (χ2n) is 2.80. The first kappa shape index (κ1) is 8.40. The van der Waals surface area contributed by atoms with Crippen LogP contribution in [-0.4, -0.2) is 14.7 Å². The summed E-state index contributed by atoms with van der Waals surface area (Å²) in [5.74, 6) is 0.245. The molecule has 0 radical (unpaired) electrons. The van der Waals surface area contributed by atoms with Gasteiger partial charge in [0.05, 0.1) is 5.69 Å². The molecule has 1 heterocycles. The lowest BCUT2D eigenvalue weighted by molar-refractivity contribution is 0.411. The van der Waals surface area contributed by atoms with Crippen LogP contribution >= 0.6 is 11.6 Å². The van der Waals surface area contributed by atoms with E-state index in [0.717, 1.165) is 5.69 Å². The van der Waals surface area contributed by atoms with E-state index in [-0.39, 0.29) is 11.9 Å². The summed E-state index contributed by atoms with van der Waals surface area (Å²) in [4.78, 5) is 3.90. The summed E-state index contributed by atoms with van der Waals surface area (Å²) in [6.45, 7) is 3.96. The van der Waals surface area contributed by atoms with Crippen molar-refractivity contribution < 1.29 is 5.11 Å². The van der Waals surface area contributed by atoms with Crippen LogP contribution in [0.4, 0.5) is 0 Å². The Hall–Kier alpha value is -0.700. The molecule has 11 heavy (non-hydrogen) atoms. The summed E-state index contributed by atoms with van der Waals surface area (Å²) < 4.78 is 1.46. The molecule has 0 bridgehead atoms. The fourth-order valence-electron chi connectivity index (χ4n) is 0.856. The molecule has 0 atom stereocenters. The number of aromatic hydroxyl groups is 1. The molecule has 1 N–H and O–H groups in total. The third kappa shape index (κ3) is 1.33. The number of nitrogens with zero attached hydrogens (tertiary/aromatic N) is 2. The van der Waals surface area contributed by atoms with Crippen LogP contribution in [0.15, 0.2) is 0 Å². The van der Waals surface area contributed by atoms with Gasteiger partial charge in [0.2, 0.25) is 0 Å². The zero-order chi connectivity index (χ0) is 8.59. The van der Waals surface area contributed by atoms with Gasteiger partial charge < -0.3 is 5.11 Å². The number of aromatic nitrogens is 2. The van der Waals surface area contributed by atoms with Crippen LogP contribution in [0.25, 0.3) is 0 Å². The van der Waals surface area contributed by atoms with Gasteiger partial charge in [0, 0.05) is 7.05 Å². The van der Waals surface area contributed by atoms with E-state index in [0.29, 0.717) is 5.15 Å². The number of imidazole rings is 1. The summed E-state index contributed by atoms with van der Waals surface area (Å²) >= 11 is 5.85. The Labute approximate surface area is 70.6 Å². The van der Waals surface area contributed by atoms with E-state index in [1.807, 2.05) is 13.8 Å². The number of hydrogen-bond acceptors (Lipinski definition) is 2. The molecular weight excluding hydrogens is 164 g/mol. The van der Waals surface area contributed by atoms with E-state index in [4.69, 9.17) is 16.7 Å². The third-order valence-corrected chi connectivity index (χ3v) is 2.02. The van der Waals surface area contributed by atoms with Crippen molar-refractivity contribution >= 4 is 11.6 Å². The Morgan fingerprint density at radius 1 is 1.55 bits per heavy atom. The minimum Gasteiger partial charge on any atom is -0.480 e. The maximum atomic E-state index is 9.14. The van der Waals surface area contributed by atoms with E-state index >= 15 is 0 Å². The zero-order valence-electron chi connectivity index (χ0n) is 6.80. The van der Waals surface area contributed by atoms with E-state index in [9.17, 15) is 0 Å². The molecule has 1 aromatic heterocycles. The highest BCUT2D eigenvalue weighted by Crippen LogP contribution is 2.26. The molecule has 0 aromatic carbocycles. The number of halogens is 1. The van der Waals surface area contributed by atoms with Gasteiger partial charge >= 0.3 is 0 Å². The summed E-state index contributed by atoms with van der Waals surface area (Å²) in [6, 6.07) is -0.0290. The predicted molar refractivity (Wildman–Crippen MR) is 44.0 cm³/mol. The second kappa shape index (κ2) is 2.74. The molecule has 0 amide bonds. The fraction of sp³-hybridized carbons (Fsp3) is 0.571. The molecule has 1 aromatic rings. The highest BCUT2D eigenvalue weighted by molar-refractivity contribution is 6.30. The highest BCUT2D eigenvalue weighted by Gasteiger charge is 2.13. The molecule has 4 heteroatoms. The lowest BCUT2D eigenvalue weighted by atomic mass is 10.2. The normalized spacial score (nSPS) is 11.0. The molecule has 0 aliphatic heterocycles. The van der Waals surface area contributed by atoms with Crippen molar-refractivity contribution in [3.8, 4) is 6.01 Å². The lowest BCUT2D eigenvalue weighted by Crippen LogP contribution is -1.89. The van der Waals surface area contributed by atoms with Crippen molar-refractivity contribution in [2.45, 2.75) is 19.8 Å². The molecule has 0 unspecified atom stereocenters. The van der Waals surface area contributed by atoms with Crippen molar-refractivity contribution in [2.75, 3.05) is 0 Å². The molecule has 0 saturated carbocycles. The molecule has 0 fully saturated rings. The standard InChI is InChI=1S/C7H11ClN2O/c1-4(2)5-6(8)10(3)7(11)9-5/h4H,1-3H3,(H,9,11). The monoisotopic (exact) mass is 174 g/mol. The van der Waals surface area contributed by atoms with Crippen LogP contribution in [0.5, 0.6) is 6.01 Å². The van der Waals surface area contributed by atoms with Crippen molar-refractivity contribution in [1.82, 2.24) is 9.55 Å². The Balaban J connectivity index is 3.19. The Bertz CT molecular complexity index is 268. The maximum Gasteiger partial charge on any atom is 0.294 e. The summed E-state index contributed by atoms with van der Waals surface area (Å²) in [5.41, 5.74) is 0.742. The maximum absolute atomic E-state index is 9.14. The molecule has 0 saturated heterocycles. The minimum absolute atomic E-state index is 0.0290. The van der Waals surface area contributed by atoms with E-state index < -0.39 is 0 Å². The fourth-order valence-corrected chi connectivity index (χ4v) is 1.19. The number of rotatable bonds is 1. The molecule has 62 valence electrons. The van der Waals surface area contributed by atoms with Crippen molar-refractivity contribution in [3.05, 3.63) is 10.8 Å². The highest BCUT2D eigenvalue weighted by atomic mass is 35.5. The van der Waals surface area contributed by atoms with Crippen LogP contribution in [0.1, 0.15) is 25.5 Å². The van der Waals surface area contributed by atoms with Gasteiger partial charge in [-0.3, -0.25) is 4.57 Å². The summed E-state index contributed by atoms with van der Waals surface area (Å²) in [5, 5.41) is 9.65. The van der Waals surface area contributed by atoms with Crippen LogP contribution in [-0.2, 0) is 7.05 Å². The Morgan fingerprint density at radius 3 is 2.27 bits per heavy atom. The van der Waals surface area contributed by atoms with E-state index in [1.54, 1.807) is 7.05 Å². The second-order valence-corrected chi connectivity index (χ2v) is 3.16. The van der Waals surface area contributed by atoms with Crippen LogP contribution < -0.4 is 0 Å². The first-order valence-corrected chi connectivity index (χ1v) is 3.83. The number of hydrogen-bond donors (Lipinski definition) is 1. The van der Waals surface area contributed by atoms with Gasteiger partial charge in [0.15, 0.2) is 0 Å². The van der Waals surface area contributed by atoms with Gasteiger partial charge in [-0.2, -0.15) is 4.98 Å². The van der Waals surface area contributed by atoms with Gasteiger partial charge in [-0.05, 0) is 5.92 Å². The van der Waals surface area contributed by atoms with Crippen LogP contribution in [0, 0.1) is 0 Å². The third-order valence-electron chi connectivity index (χ3n) is 1.57. The average Bonchev–Trinajstić information content (AvgIpc) is 2.17. The van der Waals surface area contributed by atoms with Gasteiger partial charge in [0.25, 0.3) is 6.01 Å². The topological polar surface area (TPSA) is 38.1 Å². The van der Waals surface area contributed by atoms with E-state index in [1.165, 1.54) is 4.57 Å². The molecule has 3 nitrogen and oxygen atoms in total. The van der Waals surface area contributed by atoms with Crippen molar-refractivity contribution in [3.63, 3.8) is 0 Å². The van der Waals surface area contributed by atoms with Gasteiger partial charge in [-0.15, -0.1) is 0 Å². The van der Waals surface area contributed by atoms with Gasteiger partial charge in [-0.1, -0.05) is 25.4 Å². The molecule has 0 aliphatic carbocycles. The lowest BCUT2D eigenvalue weighted by Gasteiger charge is -1.99. The molecule has 0 aliphatic rings. The van der Waals surface area contributed by atoms with E-state index in [2.05, 4.69) is 4.98 Å². The Kier molecular flexibility index (Phi) is 2.09. The smallest absolute Gasteiger partial charge is 0.294 e. The molecule has 0 spiro atoms. The minimum atomic E-state index is -0.0290. The predicted octanol–water partition coefficient (Wildman–Crippen LogP) is 1.90. The summed E-state index contributed by atoms with van der Waals surface area (Å²) in [6.07, 6.45) is 0. The molecule has 1 rings (SSSR count). The van der Waals surface area contributed by atoms with Crippen molar-refractivity contribution in [1.29, 1.82) is 0 Å². The Morgan fingerprint density at radius 2 is 2.09 bits per heavy atom. The van der Waals surface area contributed by atoms with Crippen molar-refractivity contribution in [2.24, 2.45) is 7.05 Å². The quantitative estimate of drug-likeness (QED) is 0.706. The SMILES string of the molecule is CC(C)c1nc(O)n(C)c1Cl. The first-order valence-electron chi connectivity index (χ1n) is 3.45. The summed E-state index contributed by atoms with van der Waals surface area (Å²) in [7, 11) is 1.68.